The third-order valence-corrected chi connectivity index (χ3v) is 4.75. The van der Waals surface area contributed by atoms with Crippen molar-refractivity contribution in [2.75, 3.05) is 0 Å². The smallest absolute Gasteiger partial charge is 0.186 e. The first kappa shape index (κ1) is 17.6. The minimum atomic E-state index is -0.0925. The zero-order valence-corrected chi connectivity index (χ0v) is 15.7. The van der Waals surface area contributed by atoms with Crippen LogP contribution >= 0.6 is 23.2 Å². The molecule has 0 aromatic heterocycles. The Labute approximate surface area is 167 Å². The number of carbonyl (C=O) groups excluding carboxylic acids is 1. The molecule has 3 aromatic carbocycles. The molecule has 1 aliphatic heterocycles. The number of hydrogen-bond donors (Lipinski definition) is 0. The molecule has 4 heteroatoms. The molecule has 0 fully saturated rings. The first-order chi connectivity index (χ1) is 13.1. The van der Waals surface area contributed by atoms with Gasteiger partial charge in [0.2, 0.25) is 0 Å². The highest BCUT2D eigenvalue weighted by Crippen LogP contribution is 2.37. The molecule has 0 N–H and O–H groups in total. The van der Waals surface area contributed by atoms with E-state index < -0.39 is 0 Å². The number of benzene rings is 3. The molecule has 0 saturated carbocycles. The van der Waals surface area contributed by atoms with Gasteiger partial charge in [0.1, 0.15) is 11.5 Å². The number of allylic oxidation sites excluding steroid dienone is 3. The van der Waals surface area contributed by atoms with Crippen LogP contribution in [0.4, 0.5) is 0 Å². The monoisotopic (exact) mass is 392 g/mol. The molecule has 4 rings (SSSR count). The molecular formula is C23H14Cl2O2. The molecular weight excluding hydrogens is 379 g/mol. The number of hydrogen-bond acceptors (Lipinski definition) is 2. The third kappa shape index (κ3) is 3.82. The highest BCUT2D eigenvalue weighted by Gasteiger charge is 2.18. The van der Waals surface area contributed by atoms with E-state index in [-0.39, 0.29) is 5.78 Å². The van der Waals surface area contributed by atoms with Crippen LogP contribution in [-0.4, -0.2) is 5.78 Å². The number of ether oxygens (including phenoxy) is 1. The maximum Gasteiger partial charge on any atom is 0.186 e. The first-order valence-electron chi connectivity index (χ1n) is 8.37. The zero-order chi connectivity index (χ0) is 18.8. The number of ketones is 1. The Hall–Kier alpha value is -2.81. The van der Waals surface area contributed by atoms with Crippen molar-refractivity contribution in [2.24, 2.45) is 0 Å². The van der Waals surface area contributed by atoms with E-state index in [4.69, 9.17) is 27.9 Å². The van der Waals surface area contributed by atoms with Gasteiger partial charge in [-0.25, -0.2) is 0 Å². The van der Waals surface area contributed by atoms with Crippen molar-refractivity contribution in [2.45, 2.75) is 0 Å². The van der Waals surface area contributed by atoms with Crippen molar-refractivity contribution in [3.8, 4) is 5.75 Å². The van der Waals surface area contributed by atoms with Crippen molar-refractivity contribution in [3.63, 3.8) is 0 Å². The van der Waals surface area contributed by atoms with E-state index in [2.05, 4.69) is 0 Å². The van der Waals surface area contributed by atoms with Gasteiger partial charge in [0.25, 0.3) is 0 Å². The van der Waals surface area contributed by atoms with Gasteiger partial charge in [-0.15, -0.1) is 0 Å². The third-order valence-electron chi connectivity index (χ3n) is 4.25. The number of para-hydroxylation sites is 1. The Kier molecular flexibility index (Phi) is 4.85. The topological polar surface area (TPSA) is 26.3 Å². The van der Waals surface area contributed by atoms with Crippen LogP contribution in [0.3, 0.4) is 0 Å². The summed E-state index contributed by atoms with van der Waals surface area (Å²) in [6.07, 6.45) is 3.50. The van der Waals surface area contributed by atoms with Gasteiger partial charge in [0.15, 0.2) is 5.78 Å². The summed E-state index contributed by atoms with van der Waals surface area (Å²) < 4.78 is 6.04. The SMILES string of the molecule is O=C(/C=C1\C=C(c2ccc(Cl)cc2)Oc2ccccc21)c1ccc(Cl)cc1. The molecule has 3 aromatic rings. The minimum Gasteiger partial charge on any atom is -0.456 e. The van der Waals surface area contributed by atoms with E-state index in [1.807, 2.05) is 54.6 Å². The van der Waals surface area contributed by atoms with Gasteiger partial charge >= 0.3 is 0 Å². The molecule has 0 bridgehead atoms. The van der Waals surface area contributed by atoms with Gasteiger partial charge in [-0.3, -0.25) is 4.79 Å². The van der Waals surface area contributed by atoms with Crippen LogP contribution in [0, 0.1) is 0 Å². The number of rotatable bonds is 3. The van der Waals surface area contributed by atoms with Crippen LogP contribution in [0.25, 0.3) is 11.3 Å². The second-order valence-corrected chi connectivity index (χ2v) is 6.96. The lowest BCUT2D eigenvalue weighted by molar-refractivity contribution is 0.104. The van der Waals surface area contributed by atoms with Crippen molar-refractivity contribution in [3.05, 3.63) is 112 Å². The highest BCUT2D eigenvalue weighted by molar-refractivity contribution is 6.31. The van der Waals surface area contributed by atoms with E-state index in [0.29, 0.717) is 27.1 Å². The molecule has 0 aliphatic carbocycles. The molecule has 132 valence electrons. The van der Waals surface area contributed by atoms with Crippen molar-refractivity contribution in [1.29, 1.82) is 0 Å². The lowest BCUT2D eigenvalue weighted by Crippen LogP contribution is -2.05. The average molecular weight is 393 g/mol. The molecule has 0 amide bonds. The maximum atomic E-state index is 12.7. The maximum absolute atomic E-state index is 12.7. The molecule has 1 aliphatic rings. The Bertz CT molecular complexity index is 1060. The Balaban J connectivity index is 1.77. The van der Waals surface area contributed by atoms with Crippen LogP contribution < -0.4 is 4.74 Å². The summed E-state index contributed by atoms with van der Waals surface area (Å²) >= 11 is 11.9. The summed E-state index contributed by atoms with van der Waals surface area (Å²) in [6, 6.07) is 21.9. The van der Waals surface area contributed by atoms with Gasteiger partial charge in [0.05, 0.1) is 0 Å². The number of halogens is 2. The van der Waals surface area contributed by atoms with Gasteiger partial charge in [-0.2, -0.15) is 0 Å². The summed E-state index contributed by atoms with van der Waals surface area (Å²) in [5.74, 6) is 1.28. The largest absolute Gasteiger partial charge is 0.456 e. The fourth-order valence-corrected chi connectivity index (χ4v) is 3.13. The number of carbonyl (C=O) groups is 1. The Morgan fingerprint density at radius 2 is 1.44 bits per heavy atom. The Morgan fingerprint density at radius 3 is 2.15 bits per heavy atom. The molecule has 0 atom stereocenters. The summed E-state index contributed by atoms with van der Waals surface area (Å²) in [5, 5.41) is 1.25. The van der Waals surface area contributed by atoms with E-state index in [1.165, 1.54) is 0 Å². The standard InChI is InChI=1S/C23H14Cl2O2/c24-18-9-5-15(6-10-18)21(26)13-17-14-23(16-7-11-19(25)12-8-16)27-22-4-2-1-3-20(17)22/h1-14H/b17-13+. The summed E-state index contributed by atoms with van der Waals surface area (Å²) in [4.78, 5) is 12.7. The minimum absolute atomic E-state index is 0.0925. The second-order valence-electron chi connectivity index (χ2n) is 6.08. The summed E-state index contributed by atoms with van der Waals surface area (Å²) in [6.45, 7) is 0. The number of fused-ring (bicyclic) bond motifs is 1. The molecule has 0 radical (unpaired) electrons. The quantitative estimate of drug-likeness (QED) is 0.366. The molecule has 2 nitrogen and oxygen atoms in total. The predicted molar refractivity (Wildman–Crippen MR) is 110 cm³/mol. The van der Waals surface area contributed by atoms with Crippen LogP contribution in [0.2, 0.25) is 10.0 Å². The van der Waals surface area contributed by atoms with Crippen molar-refractivity contribution >= 4 is 40.3 Å². The van der Waals surface area contributed by atoms with Crippen LogP contribution in [-0.2, 0) is 0 Å². The van der Waals surface area contributed by atoms with Crippen molar-refractivity contribution in [1.82, 2.24) is 0 Å². The van der Waals surface area contributed by atoms with Crippen LogP contribution in [0.1, 0.15) is 21.5 Å². The van der Waals surface area contributed by atoms with Crippen LogP contribution in [0.5, 0.6) is 5.75 Å². The van der Waals surface area contributed by atoms with Gasteiger partial charge in [0, 0.05) is 26.7 Å². The zero-order valence-electron chi connectivity index (χ0n) is 14.2. The Morgan fingerprint density at radius 1 is 0.815 bits per heavy atom. The lowest BCUT2D eigenvalue weighted by Gasteiger charge is -2.20. The van der Waals surface area contributed by atoms with Gasteiger partial charge in [-0.05, 0) is 72.3 Å². The first-order valence-corrected chi connectivity index (χ1v) is 9.12. The van der Waals surface area contributed by atoms with E-state index in [0.717, 1.165) is 16.7 Å². The van der Waals surface area contributed by atoms with E-state index in [9.17, 15) is 4.79 Å². The lowest BCUT2D eigenvalue weighted by atomic mass is 9.97. The molecule has 0 spiro atoms. The van der Waals surface area contributed by atoms with E-state index >= 15 is 0 Å². The van der Waals surface area contributed by atoms with Crippen LogP contribution in [0.15, 0.2) is 84.9 Å². The summed E-state index contributed by atoms with van der Waals surface area (Å²) in [7, 11) is 0. The van der Waals surface area contributed by atoms with E-state index in [1.54, 1.807) is 30.3 Å². The molecule has 27 heavy (non-hydrogen) atoms. The average Bonchev–Trinajstić information content (AvgIpc) is 2.69. The second kappa shape index (κ2) is 7.43. The molecule has 0 saturated heterocycles. The fourth-order valence-electron chi connectivity index (χ4n) is 2.88. The predicted octanol–water partition coefficient (Wildman–Crippen LogP) is 6.69. The summed E-state index contributed by atoms with van der Waals surface area (Å²) in [5.41, 5.74) is 3.13. The normalized spacial score (nSPS) is 14.3. The molecule has 0 unspecified atom stereocenters. The fraction of sp³-hybridized carbons (Fsp3) is 0. The highest BCUT2D eigenvalue weighted by atomic mass is 35.5. The van der Waals surface area contributed by atoms with Gasteiger partial charge < -0.3 is 4.74 Å². The van der Waals surface area contributed by atoms with Gasteiger partial charge in [-0.1, -0.05) is 41.4 Å². The molecule has 1 heterocycles. The van der Waals surface area contributed by atoms with Crippen molar-refractivity contribution < 1.29 is 9.53 Å².